The van der Waals surface area contributed by atoms with Crippen molar-refractivity contribution in [1.82, 2.24) is 5.32 Å². The van der Waals surface area contributed by atoms with Gasteiger partial charge in [-0.25, -0.2) is 4.79 Å². The van der Waals surface area contributed by atoms with Crippen LogP contribution in [0, 0.1) is 0 Å². The lowest BCUT2D eigenvalue weighted by Crippen LogP contribution is -2.50. The van der Waals surface area contributed by atoms with Crippen LogP contribution in [-0.4, -0.2) is 42.1 Å². The number of rotatable bonds is 4. The van der Waals surface area contributed by atoms with Crippen molar-refractivity contribution < 1.29 is 18.8 Å². The molecule has 7 heteroatoms. The molecule has 1 heterocycles. The second kappa shape index (κ2) is 7.27. The summed E-state index contributed by atoms with van der Waals surface area (Å²) < 4.78 is 17.5. The average molecular weight is 388 g/mol. The van der Waals surface area contributed by atoms with Crippen LogP contribution in [0.2, 0.25) is 0 Å². The van der Waals surface area contributed by atoms with E-state index in [4.69, 9.17) is 14.0 Å². The molecule has 3 rings (SSSR count). The van der Waals surface area contributed by atoms with Crippen molar-refractivity contribution in [1.29, 1.82) is 0 Å². The van der Waals surface area contributed by atoms with E-state index in [-0.39, 0.29) is 30.5 Å². The van der Waals surface area contributed by atoms with Crippen LogP contribution >= 0.6 is 0 Å². The van der Waals surface area contributed by atoms with Crippen LogP contribution in [0.3, 0.4) is 0 Å². The summed E-state index contributed by atoms with van der Waals surface area (Å²) in [5, 5.41) is 6.42. The molecule has 0 bridgehead atoms. The molecule has 1 aromatic rings. The Bertz CT molecular complexity index is 690. The van der Waals surface area contributed by atoms with E-state index in [2.05, 4.69) is 50.5 Å². The number of carbonyl (C=O) groups excluding carboxylic acids is 1. The molecule has 2 N–H and O–H groups in total. The van der Waals surface area contributed by atoms with E-state index < -0.39 is 5.60 Å². The Morgan fingerprint density at radius 2 is 1.57 bits per heavy atom. The van der Waals surface area contributed by atoms with Crippen molar-refractivity contribution in [2.75, 3.05) is 5.32 Å². The van der Waals surface area contributed by atoms with Gasteiger partial charge in [0.15, 0.2) is 0 Å². The predicted octanol–water partition coefficient (Wildman–Crippen LogP) is 3.45. The molecule has 0 aromatic heterocycles. The average Bonchev–Trinajstić information content (AvgIpc) is 2.72. The van der Waals surface area contributed by atoms with Crippen LogP contribution in [0.15, 0.2) is 24.3 Å². The van der Waals surface area contributed by atoms with Gasteiger partial charge in [0.1, 0.15) is 5.60 Å². The monoisotopic (exact) mass is 388 g/mol. The summed E-state index contributed by atoms with van der Waals surface area (Å²) in [6.45, 7) is 13.8. The quantitative estimate of drug-likeness (QED) is 0.774. The Balaban J connectivity index is 1.46. The Morgan fingerprint density at radius 1 is 1.04 bits per heavy atom. The maximum absolute atomic E-state index is 11.8. The third-order valence-electron chi connectivity index (χ3n) is 5.67. The molecule has 0 unspecified atom stereocenters. The smallest absolute Gasteiger partial charge is 0.444 e. The van der Waals surface area contributed by atoms with Crippen LogP contribution in [0.5, 0.6) is 0 Å². The van der Waals surface area contributed by atoms with Crippen molar-refractivity contribution in [2.24, 2.45) is 0 Å². The van der Waals surface area contributed by atoms with Gasteiger partial charge >= 0.3 is 13.2 Å². The lowest BCUT2D eigenvalue weighted by molar-refractivity contribution is 0.00578. The maximum atomic E-state index is 11.8. The lowest BCUT2D eigenvalue weighted by atomic mass is 9.79. The summed E-state index contributed by atoms with van der Waals surface area (Å²) in [6.07, 6.45) is 1.43. The van der Waals surface area contributed by atoms with E-state index in [9.17, 15) is 4.79 Å². The SMILES string of the molecule is CC(C)(C)OC(=O)NC1CC(Nc2ccc(B3OC(C)(C)C(C)(C)O3)cc2)C1. The molecule has 1 amide bonds. The van der Waals surface area contributed by atoms with E-state index in [1.165, 1.54) is 0 Å². The standard InChI is InChI=1S/C21H33BN2O4/c1-19(2,3)26-18(25)24-17-12-16(13-17)23-15-10-8-14(9-11-15)22-27-20(4,5)21(6,7)28-22/h8-11,16-17,23H,12-13H2,1-7H3,(H,24,25). The van der Waals surface area contributed by atoms with E-state index in [1.807, 2.05) is 32.9 Å². The molecule has 1 aliphatic carbocycles. The fourth-order valence-electron chi connectivity index (χ4n) is 3.28. The highest BCUT2D eigenvalue weighted by atomic mass is 16.7. The van der Waals surface area contributed by atoms with Gasteiger partial charge in [-0.15, -0.1) is 0 Å². The number of hydrogen-bond acceptors (Lipinski definition) is 5. The largest absolute Gasteiger partial charge is 0.494 e. The maximum Gasteiger partial charge on any atom is 0.494 e. The fraction of sp³-hybridized carbons (Fsp3) is 0.667. The molecule has 2 fully saturated rings. The molecular weight excluding hydrogens is 355 g/mol. The molecule has 154 valence electrons. The highest BCUT2D eigenvalue weighted by Gasteiger charge is 2.51. The number of amides is 1. The molecule has 6 nitrogen and oxygen atoms in total. The van der Waals surface area contributed by atoms with Gasteiger partial charge in [0, 0.05) is 17.8 Å². The van der Waals surface area contributed by atoms with Crippen LogP contribution in [0.4, 0.5) is 10.5 Å². The molecule has 0 radical (unpaired) electrons. The number of carbonyl (C=O) groups is 1. The highest BCUT2D eigenvalue weighted by molar-refractivity contribution is 6.62. The summed E-state index contributed by atoms with van der Waals surface area (Å²) in [6, 6.07) is 8.70. The minimum Gasteiger partial charge on any atom is -0.444 e. The van der Waals surface area contributed by atoms with Crippen LogP contribution < -0.4 is 16.1 Å². The number of nitrogens with one attached hydrogen (secondary N) is 2. The summed E-state index contributed by atoms with van der Waals surface area (Å²) in [7, 11) is -0.342. The normalized spacial score (nSPS) is 25.8. The Kier molecular flexibility index (Phi) is 5.45. The molecule has 2 aliphatic rings. The van der Waals surface area contributed by atoms with E-state index >= 15 is 0 Å². The van der Waals surface area contributed by atoms with Gasteiger partial charge in [0.2, 0.25) is 0 Å². The third kappa shape index (κ3) is 4.81. The van der Waals surface area contributed by atoms with Gasteiger partial charge in [-0.05, 0) is 78.9 Å². The number of benzene rings is 1. The first-order chi connectivity index (χ1) is 12.8. The Labute approximate surface area is 168 Å². The first kappa shape index (κ1) is 21.0. The summed E-state index contributed by atoms with van der Waals surface area (Å²) in [4.78, 5) is 11.8. The Morgan fingerprint density at radius 3 is 2.07 bits per heavy atom. The number of alkyl carbamates (subject to hydrolysis) is 1. The van der Waals surface area contributed by atoms with E-state index in [0.717, 1.165) is 24.0 Å². The minimum atomic E-state index is -0.468. The molecule has 0 atom stereocenters. The second-order valence-corrected chi connectivity index (χ2v) is 9.87. The summed E-state index contributed by atoms with van der Waals surface area (Å²) in [5.74, 6) is 0. The topological polar surface area (TPSA) is 68.8 Å². The molecule has 1 saturated heterocycles. The molecular formula is C21H33BN2O4. The van der Waals surface area contributed by atoms with Gasteiger partial charge in [-0.1, -0.05) is 12.1 Å². The Hall–Kier alpha value is -1.73. The third-order valence-corrected chi connectivity index (χ3v) is 5.67. The van der Waals surface area contributed by atoms with Crippen molar-refractivity contribution in [3.05, 3.63) is 24.3 Å². The zero-order valence-corrected chi connectivity index (χ0v) is 18.1. The number of ether oxygens (including phenoxy) is 1. The van der Waals surface area contributed by atoms with E-state index in [0.29, 0.717) is 6.04 Å². The van der Waals surface area contributed by atoms with Gasteiger partial charge < -0.3 is 24.7 Å². The van der Waals surface area contributed by atoms with Crippen molar-refractivity contribution in [2.45, 2.75) is 90.2 Å². The molecule has 28 heavy (non-hydrogen) atoms. The summed E-state index contributed by atoms with van der Waals surface area (Å²) in [5.41, 5.74) is 0.931. The molecule has 1 saturated carbocycles. The van der Waals surface area contributed by atoms with Crippen LogP contribution in [0.25, 0.3) is 0 Å². The van der Waals surface area contributed by atoms with Crippen LogP contribution in [-0.2, 0) is 14.0 Å². The van der Waals surface area contributed by atoms with Crippen molar-refractivity contribution >= 4 is 24.4 Å². The summed E-state index contributed by atoms with van der Waals surface area (Å²) >= 11 is 0. The predicted molar refractivity (Wildman–Crippen MR) is 112 cm³/mol. The van der Waals surface area contributed by atoms with Crippen molar-refractivity contribution in [3.8, 4) is 0 Å². The zero-order valence-electron chi connectivity index (χ0n) is 18.1. The second-order valence-electron chi connectivity index (χ2n) is 9.87. The van der Waals surface area contributed by atoms with Gasteiger partial charge in [-0.3, -0.25) is 0 Å². The highest BCUT2D eigenvalue weighted by Crippen LogP contribution is 2.36. The molecule has 1 aliphatic heterocycles. The molecule has 1 aromatic carbocycles. The number of hydrogen-bond donors (Lipinski definition) is 2. The fourth-order valence-corrected chi connectivity index (χ4v) is 3.28. The van der Waals surface area contributed by atoms with E-state index in [1.54, 1.807) is 0 Å². The minimum absolute atomic E-state index is 0.163. The lowest BCUT2D eigenvalue weighted by Gasteiger charge is -2.37. The first-order valence-corrected chi connectivity index (χ1v) is 10.1. The van der Waals surface area contributed by atoms with Gasteiger partial charge in [0.25, 0.3) is 0 Å². The van der Waals surface area contributed by atoms with Gasteiger partial charge in [0.05, 0.1) is 11.2 Å². The molecule has 0 spiro atoms. The van der Waals surface area contributed by atoms with Crippen molar-refractivity contribution in [3.63, 3.8) is 0 Å². The zero-order chi connectivity index (χ0) is 20.7. The van der Waals surface area contributed by atoms with Crippen LogP contribution in [0.1, 0.15) is 61.3 Å². The van der Waals surface area contributed by atoms with Gasteiger partial charge in [-0.2, -0.15) is 0 Å². The first-order valence-electron chi connectivity index (χ1n) is 10.1. The number of anilines is 1.